The molecule has 0 aliphatic carbocycles. The number of imidazole rings is 1. The Hall–Kier alpha value is -1.87. The Morgan fingerprint density at radius 1 is 1.32 bits per heavy atom. The maximum absolute atomic E-state index is 4.06. The fourth-order valence-electron chi connectivity index (χ4n) is 1.99. The van der Waals surface area contributed by atoms with Crippen LogP contribution in [0.4, 0.5) is 0 Å². The molecule has 3 nitrogen and oxygen atoms in total. The second-order valence-electron chi connectivity index (χ2n) is 4.97. The summed E-state index contributed by atoms with van der Waals surface area (Å²) in [4.78, 5) is 4.06. The number of hydrogen-bond donors (Lipinski definition) is 1. The molecule has 1 aromatic heterocycles. The normalized spacial score (nSPS) is 12.1. The van der Waals surface area contributed by atoms with Crippen LogP contribution in [0.3, 0.4) is 0 Å². The molecule has 0 saturated heterocycles. The Labute approximate surface area is 115 Å². The van der Waals surface area contributed by atoms with Crippen molar-refractivity contribution < 1.29 is 0 Å². The lowest BCUT2D eigenvalue weighted by Gasteiger charge is -2.11. The first-order valence-corrected chi connectivity index (χ1v) is 6.64. The second-order valence-corrected chi connectivity index (χ2v) is 4.97. The SMILES string of the molecule is CNCC(=Cc1ccc(-n2ccnc2)cc1)C(C)C. The topological polar surface area (TPSA) is 29.9 Å². The first kappa shape index (κ1) is 13.6. The van der Waals surface area contributed by atoms with E-state index in [0.717, 1.165) is 12.2 Å². The van der Waals surface area contributed by atoms with Gasteiger partial charge in [0.25, 0.3) is 0 Å². The molecule has 0 atom stereocenters. The van der Waals surface area contributed by atoms with Crippen LogP contribution >= 0.6 is 0 Å². The average molecular weight is 255 g/mol. The van der Waals surface area contributed by atoms with E-state index in [4.69, 9.17) is 0 Å². The summed E-state index contributed by atoms with van der Waals surface area (Å²) in [6.45, 7) is 5.38. The zero-order valence-electron chi connectivity index (χ0n) is 11.8. The van der Waals surface area contributed by atoms with E-state index in [1.54, 1.807) is 6.20 Å². The van der Waals surface area contributed by atoms with E-state index in [9.17, 15) is 0 Å². The van der Waals surface area contributed by atoms with Gasteiger partial charge in [-0.25, -0.2) is 4.98 Å². The van der Waals surface area contributed by atoms with Gasteiger partial charge >= 0.3 is 0 Å². The molecular weight excluding hydrogens is 234 g/mol. The van der Waals surface area contributed by atoms with Gasteiger partial charge in [0.2, 0.25) is 0 Å². The van der Waals surface area contributed by atoms with Crippen LogP contribution in [0.2, 0.25) is 0 Å². The number of aromatic nitrogens is 2. The van der Waals surface area contributed by atoms with Gasteiger partial charge in [-0.2, -0.15) is 0 Å². The Bertz CT molecular complexity index is 522. The van der Waals surface area contributed by atoms with Gasteiger partial charge < -0.3 is 9.88 Å². The van der Waals surface area contributed by atoms with Gasteiger partial charge in [0, 0.05) is 24.6 Å². The van der Waals surface area contributed by atoms with Crippen LogP contribution in [0.15, 0.2) is 48.6 Å². The van der Waals surface area contributed by atoms with Gasteiger partial charge in [0.15, 0.2) is 0 Å². The number of nitrogens with zero attached hydrogens (tertiary/aromatic N) is 2. The standard InChI is InChI=1S/C16H21N3/c1-13(2)15(11-17-3)10-14-4-6-16(7-5-14)19-9-8-18-12-19/h4-10,12-13,17H,11H2,1-3H3. The number of rotatable bonds is 5. The smallest absolute Gasteiger partial charge is 0.0991 e. The van der Waals surface area contributed by atoms with E-state index in [2.05, 4.69) is 54.5 Å². The molecule has 1 N–H and O–H groups in total. The summed E-state index contributed by atoms with van der Waals surface area (Å²) in [7, 11) is 1.98. The molecule has 0 spiro atoms. The molecule has 1 aromatic carbocycles. The van der Waals surface area contributed by atoms with Crippen LogP contribution in [0.5, 0.6) is 0 Å². The molecule has 0 fully saturated rings. The van der Waals surface area contributed by atoms with Gasteiger partial charge in [-0.05, 0) is 30.7 Å². The third kappa shape index (κ3) is 3.55. The molecular formula is C16H21N3. The Morgan fingerprint density at radius 2 is 2.05 bits per heavy atom. The first-order valence-electron chi connectivity index (χ1n) is 6.64. The van der Waals surface area contributed by atoms with E-state index >= 15 is 0 Å². The van der Waals surface area contributed by atoms with Gasteiger partial charge in [-0.1, -0.05) is 37.6 Å². The van der Waals surface area contributed by atoms with Crippen molar-refractivity contribution in [3.8, 4) is 5.69 Å². The Balaban J connectivity index is 2.20. The maximum Gasteiger partial charge on any atom is 0.0991 e. The molecule has 3 heteroatoms. The number of likely N-dealkylation sites (N-methyl/N-ethyl adjacent to an activating group) is 1. The van der Waals surface area contributed by atoms with E-state index in [-0.39, 0.29) is 0 Å². The molecule has 2 rings (SSSR count). The van der Waals surface area contributed by atoms with Gasteiger partial charge in [-0.15, -0.1) is 0 Å². The van der Waals surface area contributed by atoms with Crippen molar-refractivity contribution in [2.45, 2.75) is 13.8 Å². The minimum absolute atomic E-state index is 0.556. The van der Waals surface area contributed by atoms with Gasteiger partial charge in [-0.3, -0.25) is 0 Å². The van der Waals surface area contributed by atoms with E-state index in [1.165, 1.54) is 11.1 Å². The molecule has 0 saturated carbocycles. The largest absolute Gasteiger partial charge is 0.316 e. The van der Waals surface area contributed by atoms with Crippen LogP contribution in [-0.4, -0.2) is 23.1 Å². The highest BCUT2D eigenvalue weighted by Crippen LogP contribution is 2.16. The van der Waals surface area contributed by atoms with Crippen LogP contribution in [0.25, 0.3) is 11.8 Å². The van der Waals surface area contributed by atoms with Crippen LogP contribution in [0, 0.1) is 5.92 Å². The average Bonchev–Trinajstić information content (AvgIpc) is 2.93. The fraction of sp³-hybridized carbons (Fsp3) is 0.312. The fourth-order valence-corrected chi connectivity index (χ4v) is 1.99. The molecule has 0 aliphatic rings. The van der Waals surface area contributed by atoms with Crippen molar-refractivity contribution in [2.75, 3.05) is 13.6 Å². The zero-order valence-corrected chi connectivity index (χ0v) is 11.8. The molecule has 1 heterocycles. The van der Waals surface area contributed by atoms with Crippen LogP contribution < -0.4 is 5.32 Å². The van der Waals surface area contributed by atoms with Crippen LogP contribution in [0.1, 0.15) is 19.4 Å². The summed E-state index contributed by atoms with van der Waals surface area (Å²) >= 11 is 0. The highest BCUT2D eigenvalue weighted by molar-refractivity contribution is 5.55. The summed E-state index contributed by atoms with van der Waals surface area (Å²) in [6, 6.07) is 8.52. The number of nitrogens with one attached hydrogen (secondary N) is 1. The van der Waals surface area contributed by atoms with Crippen molar-refractivity contribution in [3.05, 3.63) is 54.1 Å². The lowest BCUT2D eigenvalue weighted by molar-refractivity contribution is 0.713. The quantitative estimate of drug-likeness (QED) is 0.889. The van der Waals surface area contributed by atoms with Crippen molar-refractivity contribution in [2.24, 2.45) is 5.92 Å². The number of hydrogen-bond acceptors (Lipinski definition) is 2. The summed E-state index contributed by atoms with van der Waals surface area (Å²) < 4.78 is 2.00. The Morgan fingerprint density at radius 3 is 2.58 bits per heavy atom. The third-order valence-electron chi connectivity index (χ3n) is 3.17. The first-order chi connectivity index (χ1) is 9.20. The lowest BCUT2D eigenvalue weighted by Crippen LogP contribution is -2.13. The molecule has 0 bridgehead atoms. The van der Waals surface area contributed by atoms with Crippen LogP contribution in [-0.2, 0) is 0 Å². The molecule has 0 radical (unpaired) electrons. The maximum atomic E-state index is 4.06. The molecule has 0 amide bonds. The number of benzene rings is 1. The minimum Gasteiger partial charge on any atom is -0.316 e. The summed E-state index contributed by atoms with van der Waals surface area (Å²) in [5.41, 5.74) is 3.79. The molecule has 100 valence electrons. The van der Waals surface area contributed by atoms with E-state index in [1.807, 2.05) is 24.1 Å². The minimum atomic E-state index is 0.556. The lowest BCUT2D eigenvalue weighted by atomic mass is 10.00. The van der Waals surface area contributed by atoms with Gasteiger partial charge in [0.05, 0.1) is 6.33 Å². The van der Waals surface area contributed by atoms with Crippen molar-refractivity contribution >= 4 is 6.08 Å². The molecule has 0 aliphatic heterocycles. The monoisotopic (exact) mass is 255 g/mol. The van der Waals surface area contributed by atoms with E-state index < -0.39 is 0 Å². The molecule has 2 aromatic rings. The van der Waals surface area contributed by atoms with Gasteiger partial charge in [0.1, 0.15) is 0 Å². The summed E-state index contributed by atoms with van der Waals surface area (Å²) in [6.07, 6.45) is 7.81. The van der Waals surface area contributed by atoms with Crippen molar-refractivity contribution in [3.63, 3.8) is 0 Å². The summed E-state index contributed by atoms with van der Waals surface area (Å²) in [5.74, 6) is 0.556. The predicted molar refractivity (Wildman–Crippen MR) is 80.3 cm³/mol. The van der Waals surface area contributed by atoms with Crippen molar-refractivity contribution in [1.29, 1.82) is 0 Å². The summed E-state index contributed by atoms with van der Waals surface area (Å²) in [5, 5.41) is 3.22. The third-order valence-corrected chi connectivity index (χ3v) is 3.17. The molecule has 19 heavy (non-hydrogen) atoms. The zero-order chi connectivity index (χ0) is 13.7. The predicted octanol–water partition coefficient (Wildman–Crippen LogP) is 3.13. The highest BCUT2D eigenvalue weighted by Gasteiger charge is 2.02. The van der Waals surface area contributed by atoms with E-state index in [0.29, 0.717) is 5.92 Å². The Kier molecular flexibility index (Phi) is 4.53. The molecule has 0 unspecified atom stereocenters. The second kappa shape index (κ2) is 6.34. The van der Waals surface area contributed by atoms with Crippen molar-refractivity contribution in [1.82, 2.24) is 14.9 Å². The highest BCUT2D eigenvalue weighted by atomic mass is 15.0.